The average molecular weight is 625 g/mol. The van der Waals surface area contributed by atoms with Crippen LogP contribution in [0.4, 0.5) is 0 Å². The van der Waals surface area contributed by atoms with Gasteiger partial charge in [0.1, 0.15) is 0 Å². The van der Waals surface area contributed by atoms with Gasteiger partial charge in [0.25, 0.3) is 0 Å². The van der Waals surface area contributed by atoms with Gasteiger partial charge in [-0.15, -0.1) is 0 Å². The summed E-state index contributed by atoms with van der Waals surface area (Å²) in [5.74, 6) is 4.51. The number of nitriles is 1. The van der Waals surface area contributed by atoms with Gasteiger partial charge in [0, 0.05) is 16.7 Å². The van der Waals surface area contributed by atoms with Crippen LogP contribution in [0.1, 0.15) is 63.5 Å². The Bertz CT molecular complexity index is 2130. The van der Waals surface area contributed by atoms with Crippen LogP contribution in [0.3, 0.4) is 0 Å². The summed E-state index contributed by atoms with van der Waals surface area (Å²) in [5.41, 5.74) is 7.65. The van der Waals surface area contributed by atoms with E-state index in [4.69, 9.17) is 15.0 Å². The molecular weight excluding hydrogens is 585 g/mol. The van der Waals surface area contributed by atoms with Crippen molar-refractivity contribution in [2.24, 2.45) is 17.8 Å². The lowest BCUT2D eigenvalue weighted by Crippen LogP contribution is -2.42. The molecule has 0 aliphatic heterocycles. The molecule has 2 saturated carbocycles. The van der Waals surface area contributed by atoms with Crippen LogP contribution in [0.15, 0.2) is 115 Å². The summed E-state index contributed by atoms with van der Waals surface area (Å²) < 4.78 is 0. The molecule has 2 bridgehead atoms. The Hall–Kier alpha value is -5.14. The normalized spacial score (nSPS) is 21.9. The van der Waals surface area contributed by atoms with Crippen LogP contribution < -0.4 is 0 Å². The van der Waals surface area contributed by atoms with Gasteiger partial charge >= 0.3 is 0 Å². The van der Waals surface area contributed by atoms with Gasteiger partial charge in [-0.25, -0.2) is 15.0 Å². The fraction of sp³-hybridized carbons (Fsp3) is 0.273. The predicted octanol–water partition coefficient (Wildman–Crippen LogP) is 11.1. The maximum atomic E-state index is 9.26. The highest BCUT2D eigenvalue weighted by Crippen LogP contribution is 2.54. The van der Waals surface area contributed by atoms with E-state index in [1.165, 1.54) is 44.1 Å². The molecule has 2 aliphatic carbocycles. The molecule has 1 heterocycles. The van der Waals surface area contributed by atoms with E-state index >= 15 is 0 Å². The zero-order valence-electron chi connectivity index (χ0n) is 27.7. The minimum atomic E-state index is 0.297. The number of nitrogens with zero attached hydrogens (tertiary/aromatic N) is 4. The van der Waals surface area contributed by atoms with Crippen molar-refractivity contribution in [1.82, 2.24) is 15.0 Å². The van der Waals surface area contributed by atoms with Crippen molar-refractivity contribution in [3.05, 3.63) is 126 Å². The molecule has 4 nitrogen and oxygen atoms in total. The highest BCUT2D eigenvalue weighted by atomic mass is 15.0. The second-order valence-corrected chi connectivity index (χ2v) is 14.3. The Kier molecular flexibility index (Phi) is 7.85. The van der Waals surface area contributed by atoms with E-state index in [9.17, 15) is 5.26 Å². The summed E-state index contributed by atoms with van der Waals surface area (Å²) in [6, 6.07) is 42.3. The molecule has 5 aromatic carbocycles. The van der Waals surface area contributed by atoms with Crippen LogP contribution in [-0.4, -0.2) is 15.0 Å². The van der Waals surface area contributed by atoms with E-state index < -0.39 is 0 Å². The summed E-state index contributed by atoms with van der Waals surface area (Å²) in [7, 11) is 0. The Morgan fingerprint density at radius 1 is 0.625 bits per heavy atom. The summed E-state index contributed by atoms with van der Waals surface area (Å²) in [6.07, 6.45) is 8.02. The molecule has 8 rings (SSSR count). The van der Waals surface area contributed by atoms with Gasteiger partial charge in [0.05, 0.1) is 11.6 Å². The minimum Gasteiger partial charge on any atom is -0.208 e. The number of hydrogen-bond donors (Lipinski definition) is 0. The molecule has 4 heteroatoms. The predicted molar refractivity (Wildman–Crippen MR) is 195 cm³/mol. The molecule has 6 aromatic rings. The third kappa shape index (κ3) is 5.79. The summed E-state index contributed by atoms with van der Waals surface area (Å²) in [4.78, 5) is 15.0. The quantitative estimate of drug-likeness (QED) is 0.185. The topological polar surface area (TPSA) is 62.5 Å². The molecule has 48 heavy (non-hydrogen) atoms. The fourth-order valence-electron chi connectivity index (χ4n) is 8.79. The first-order valence-electron chi connectivity index (χ1n) is 17.5. The Morgan fingerprint density at radius 2 is 1.21 bits per heavy atom. The monoisotopic (exact) mass is 624 g/mol. The second-order valence-electron chi connectivity index (χ2n) is 14.3. The van der Waals surface area contributed by atoms with E-state index in [1.807, 2.05) is 36.4 Å². The van der Waals surface area contributed by atoms with Crippen molar-refractivity contribution in [1.29, 1.82) is 5.26 Å². The first kappa shape index (κ1) is 30.2. The Labute approximate surface area is 283 Å². The third-order valence-corrected chi connectivity index (χ3v) is 10.9. The highest BCUT2D eigenvalue weighted by Gasteiger charge is 2.45. The smallest absolute Gasteiger partial charge is 0.164 e. The van der Waals surface area contributed by atoms with Crippen molar-refractivity contribution in [2.45, 2.75) is 57.8 Å². The molecule has 2 fully saturated rings. The summed E-state index contributed by atoms with van der Waals surface area (Å²) in [5, 5.41) is 11.4. The van der Waals surface area contributed by atoms with Crippen molar-refractivity contribution >= 4 is 10.8 Å². The van der Waals surface area contributed by atoms with Crippen molar-refractivity contribution < 1.29 is 0 Å². The molecule has 0 radical (unpaired) electrons. The SMILES string of the molecule is CC[C@@H]1C[C@@H]2C[C@H](C)CC(c3ccc(-c4nc(-c5ccccc5)nc(-c5ccc(-c6ccc7cc(C#N)ccc7c6)cc5)n4)cc3)(C1)C2. The van der Waals surface area contributed by atoms with Gasteiger partial charge < -0.3 is 0 Å². The molecule has 0 spiro atoms. The van der Waals surface area contributed by atoms with Gasteiger partial charge in [0.15, 0.2) is 17.5 Å². The molecule has 4 atom stereocenters. The molecule has 0 N–H and O–H groups in total. The molecule has 0 saturated heterocycles. The van der Waals surface area contributed by atoms with Crippen molar-refractivity contribution in [3.63, 3.8) is 0 Å². The third-order valence-electron chi connectivity index (χ3n) is 10.9. The van der Waals surface area contributed by atoms with Gasteiger partial charge in [-0.1, -0.05) is 117 Å². The first-order chi connectivity index (χ1) is 23.5. The number of rotatable bonds is 6. The molecule has 1 unspecified atom stereocenters. The highest BCUT2D eigenvalue weighted by molar-refractivity contribution is 5.88. The number of benzene rings is 5. The lowest BCUT2D eigenvalue weighted by Gasteiger charge is -2.51. The van der Waals surface area contributed by atoms with Crippen LogP contribution in [-0.2, 0) is 5.41 Å². The van der Waals surface area contributed by atoms with Crippen molar-refractivity contribution in [2.75, 3.05) is 0 Å². The van der Waals surface area contributed by atoms with E-state index in [0.29, 0.717) is 28.5 Å². The van der Waals surface area contributed by atoms with Gasteiger partial charge in [0.2, 0.25) is 0 Å². The van der Waals surface area contributed by atoms with Crippen LogP contribution in [0.25, 0.3) is 56.1 Å². The summed E-state index contributed by atoms with van der Waals surface area (Å²) in [6.45, 7) is 4.83. The fourth-order valence-corrected chi connectivity index (χ4v) is 8.79. The van der Waals surface area contributed by atoms with E-state index in [0.717, 1.165) is 56.3 Å². The van der Waals surface area contributed by atoms with E-state index in [1.54, 1.807) is 0 Å². The van der Waals surface area contributed by atoms with Gasteiger partial charge in [-0.2, -0.15) is 5.26 Å². The standard InChI is InChI=1S/C44H40N4/c1-3-30-22-32-21-29(2)25-44(26-30,27-32)40-19-17-36(18-20-40)43-47-41(34-7-5-4-6-8-34)46-42(48-43)35-13-11-33(12-14-35)38-16-15-37-23-31(28-45)9-10-39(37)24-38/h4-20,23-24,29-30,32H,3,21-22,25-27H2,1-2H3/t29-,30+,32-,44?/m0/s1. The van der Waals surface area contributed by atoms with Gasteiger partial charge in [-0.05, 0) is 101 Å². The summed E-state index contributed by atoms with van der Waals surface area (Å²) >= 11 is 0. The zero-order valence-corrected chi connectivity index (χ0v) is 27.7. The van der Waals surface area contributed by atoms with Crippen LogP contribution in [0, 0.1) is 29.1 Å². The lowest BCUT2D eigenvalue weighted by atomic mass is 9.54. The van der Waals surface area contributed by atoms with E-state index in [-0.39, 0.29) is 0 Å². The van der Waals surface area contributed by atoms with Crippen molar-refractivity contribution in [3.8, 4) is 51.4 Å². The molecule has 236 valence electrons. The number of aromatic nitrogens is 3. The Morgan fingerprint density at radius 3 is 1.88 bits per heavy atom. The minimum absolute atomic E-state index is 0.297. The maximum Gasteiger partial charge on any atom is 0.164 e. The second kappa shape index (κ2) is 12.5. The largest absolute Gasteiger partial charge is 0.208 e. The van der Waals surface area contributed by atoms with Gasteiger partial charge in [-0.3, -0.25) is 0 Å². The lowest BCUT2D eigenvalue weighted by molar-refractivity contribution is 0.0702. The van der Waals surface area contributed by atoms with E-state index in [2.05, 4.69) is 98.8 Å². The molecule has 1 aromatic heterocycles. The van der Waals surface area contributed by atoms with Crippen LogP contribution in [0.2, 0.25) is 0 Å². The maximum absolute atomic E-state index is 9.26. The number of fused-ring (bicyclic) bond motifs is 3. The Balaban J connectivity index is 1.13. The molecule has 2 aliphatic rings. The average Bonchev–Trinajstić information content (AvgIpc) is 3.14. The van der Waals surface area contributed by atoms with Crippen LogP contribution >= 0.6 is 0 Å². The number of hydrogen-bond acceptors (Lipinski definition) is 4. The molecular formula is C44H40N4. The zero-order chi connectivity index (χ0) is 32.7. The molecule has 0 amide bonds. The first-order valence-corrected chi connectivity index (χ1v) is 17.5. The van der Waals surface area contributed by atoms with Crippen LogP contribution in [0.5, 0.6) is 0 Å².